The summed E-state index contributed by atoms with van der Waals surface area (Å²) in [4.78, 5) is 0. The van der Waals surface area contributed by atoms with Gasteiger partial charge in [0.15, 0.2) is 0 Å². The molecule has 0 radical (unpaired) electrons. The molecular formula is C19H39NO2. The van der Waals surface area contributed by atoms with E-state index in [-0.39, 0.29) is 6.61 Å². The Kier molecular flexibility index (Phi) is 15.2. The number of aliphatic hydroxyl groups is 2. The fourth-order valence-electron chi connectivity index (χ4n) is 2.70. The summed E-state index contributed by atoms with van der Waals surface area (Å²) in [6, 6.07) is -0.562. The Morgan fingerprint density at radius 1 is 0.909 bits per heavy atom. The Labute approximate surface area is 138 Å². The van der Waals surface area contributed by atoms with Crippen LogP contribution in [-0.2, 0) is 0 Å². The molecule has 2 atom stereocenters. The van der Waals surface area contributed by atoms with Gasteiger partial charge in [0.05, 0.1) is 18.8 Å². The van der Waals surface area contributed by atoms with Crippen LogP contribution in [0.15, 0.2) is 11.6 Å². The SMILES string of the molecule is CCCCCCCCCCCCC/C=C(/C)[C@H](O)[C@H](N)CO. The zero-order valence-electron chi connectivity index (χ0n) is 14.9. The molecule has 0 aromatic carbocycles. The molecule has 0 rings (SSSR count). The highest BCUT2D eigenvalue weighted by molar-refractivity contribution is 5.07. The van der Waals surface area contributed by atoms with E-state index in [9.17, 15) is 5.11 Å². The third-order valence-corrected chi connectivity index (χ3v) is 4.36. The molecule has 0 saturated carbocycles. The standard InChI is InChI=1S/C19H39NO2/c1-3-4-5-6-7-8-9-10-11-12-13-14-15-17(2)19(22)18(20)16-21/h15,18-19,21-22H,3-14,16,20H2,1-2H3/b17-15-/t18-,19+/m1/s1. The lowest BCUT2D eigenvalue weighted by atomic mass is 10.0. The monoisotopic (exact) mass is 313 g/mol. The van der Waals surface area contributed by atoms with Gasteiger partial charge in [-0.15, -0.1) is 0 Å². The van der Waals surface area contributed by atoms with E-state index < -0.39 is 12.1 Å². The Morgan fingerprint density at radius 3 is 1.82 bits per heavy atom. The van der Waals surface area contributed by atoms with Crippen molar-refractivity contribution in [2.45, 2.75) is 103 Å². The molecule has 0 amide bonds. The molecular weight excluding hydrogens is 274 g/mol. The summed E-state index contributed by atoms with van der Waals surface area (Å²) in [7, 11) is 0. The minimum atomic E-state index is -0.710. The lowest BCUT2D eigenvalue weighted by molar-refractivity contribution is 0.135. The minimum absolute atomic E-state index is 0.176. The van der Waals surface area contributed by atoms with Crippen molar-refractivity contribution in [3.05, 3.63) is 11.6 Å². The van der Waals surface area contributed by atoms with Crippen LogP contribution < -0.4 is 5.73 Å². The quantitative estimate of drug-likeness (QED) is 0.312. The Balaban J connectivity index is 3.39. The second-order valence-electron chi connectivity index (χ2n) is 6.56. The molecule has 4 N–H and O–H groups in total. The summed E-state index contributed by atoms with van der Waals surface area (Å²) < 4.78 is 0. The van der Waals surface area contributed by atoms with Gasteiger partial charge in [-0.05, 0) is 25.3 Å². The fraction of sp³-hybridized carbons (Fsp3) is 0.895. The molecule has 0 aliphatic carbocycles. The van der Waals surface area contributed by atoms with Crippen molar-refractivity contribution in [3.63, 3.8) is 0 Å². The van der Waals surface area contributed by atoms with Gasteiger partial charge in [-0.3, -0.25) is 0 Å². The van der Waals surface area contributed by atoms with Gasteiger partial charge in [-0.1, -0.05) is 77.2 Å². The van der Waals surface area contributed by atoms with Crippen molar-refractivity contribution >= 4 is 0 Å². The molecule has 0 unspecified atom stereocenters. The summed E-state index contributed by atoms with van der Waals surface area (Å²) in [6.45, 7) is 3.97. The second kappa shape index (κ2) is 15.5. The van der Waals surface area contributed by atoms with Gasteiger partial charge in [-0.2, -0.15) is 0 Å². The molecule has 0 bridgehead atoms. The van der Waals surface area contributed by atoms with Crippen LogP contribution in [0, 0.1) is 0 Å². The number of hydrogen-bond acceptors (Lipinski definition) is 3. The lowest BCUT2D eigenvalue weighted by Gasteiger charge is -2.17. The van der Waals surface area contributed by atoms with Crippen LogP contribution >= 0.6 is 0 Å². The summed E-state index contributed by atoms with van der Waals surface area (Å²) >= 11 is 0. The highest BCUT2D eigenvalue weighted by Gasteiger charge is 2.14. The average molecular weight is 314 g/mol. The first-order chi connectivity index (χ1) is 10.6. The summed E-state index contributed by atoms with van der Waals surface area (Å²) in [5.74, 6) is 0. The van der Waals surface area contributed by atoms with Crippen LogP contribution in [0.2, 0.25) is 0 Å². The van der Waals surface area contributed by atoms with Crippen molar-refractivity contribution < 1.29 is 10.2 Å². The van der Waals surface area contributed by atoms with Gasteiger partial charge in [0.1, 0.15) is 0 Å². The van der Waals surface area contributed by atoms with Crippen LogP contribution in [0.3, 0.4) is 0 Å². The maximum atomic E-state index is 9.81. The molecule has 3 heteroatoms. The predicted molar refractivity (Wildman–Crippen MR) is 95.9 cm³/mol. The molecule has 0 fully saturated rings. The fourth-order valence-corrected chi connectivity index (χ4v) is 2.70. The first kappa shape index (κ1) is 21.6. The van der Waals surface area contributed by atoms with Gasteiger partial charge >= 0.3 is 0 Å². The molecule has 0 aromatic rings. The number of nitrogens with two attached hydrogens (primary N) is 1. The highest BCUT2D eigenvalue weighted by atomic mass is 16.3. The van der Waals surface area contributed by atoms with E-state index in [0.717, 1.165) is 12.0 Å². The van der Waals surface area contributed by atoms with Gasteiger partial charge < -0.3 is 15.9 Å². The molecule has 0 saturated heterocycles. The first-order valence-electron chi connectivity index (χ1n) is 9.34. The van der Waals surface area contributed by atoms with Gasteiger partial charge in [0, 0.05) is 0 Å². The van der Waals surface area contributed by atoms with Crippen molar-refractivity contribution in [1.82, 2.24) is 0 Å². The lowest BCUT2D eigenvalue weighted by Crippen LogP contribution is -2.38. The molecule has 0 aliphatic rings. The van der Waals surface area contributed by atoms with Gasteiger partial charge in [-0.25, -0.2) is 0 Å². The van der Waals surface area contributed by atoms with Crippen LogP contribution in [0.25, 0.3) is 0 Å². The first-order valence-corrected chi connectivity index (χ1v) is 9.34. The minimum Gasteiger partial charge on any atom is -0.395 e. The highest BCUT2D eigenvalue weighted by Crippen LogP contribution is 2.13. The molecule has 22 heavy (non-hydrogen) atoms. The predicted octanol–water partition coefficient (Wildman–Crippen LogP) is 4.31. The number of allylic oxidation sites excluding steroid dienone is 1. The molecule has 0 aliphatic heterocycles. The molecule has 3 nitrogen and oxygen atoms in total. The van der Waals surface area contributed by atoms with Crippen LogP contribution in [0.4, 0.5) is 0 Å². The van der Waals surface area contributed by atoms with Crippen molar-refractivity contribution in [1.29, 1.82) is 0 Å². The van der Waals surface area contributed by atoms with E-state index in [1.54, 1.807) is 0 Å². The second-order valence-corrected chi connectivity index (χ2v) is 6.56. The van der Waals surface area contributed by atoms with Crippen molar-refractivity contribution in [2.75, 3.05) is 6.61 Å². The van der Waals surface area contributed by atoms with Crippen molar-refractivity contribution in [2.24, 2.45) is 5.73 Å². The van der Waals surface area contributed by atoms with Gasteiger partial charge in [0.25, 0.3) is 0 Å². The molecule has 0 spiro atoms. The van der Waals surface area contributed by atoms with E-state index in [2.05, 4.69) is 13.0 Å². The van der Waals surface area contributed by atoms with E-state index >= 15 is 0 Å². The number of rotatable bonds is 15. The Morgan fingerprint density at radius 2 is 1.36 bits per heavy atom. The van der Waals surface area contributed by atoms with Crippen molar-refractivity contribution in [3.8, 4) is 0 Å². The zero-order valence-corrected chi connectivity index (χ0v) is 14.9. The van der Waals surface area contributed by atoms with E-state index in [1.807, 2.05) is 6.92 Å². The topological polar surface area (TPSA) is 66.5 Å². The summed E-state index contributed by atoms with van der Waals surface area (Å²) in [5.41, 5.74) is 6.50. The Bertz CT molecular complexity index is 266. The van der Waals surface area contributed by atoms with E-state index in [1.165, 1.54) is 70.6 Å². The Hall–Kier alpha value is -0.380. The van der Waals surface area contributed by atoms with Crippen LogP contribution in [-0.4, -0.2) is 29.0 Å². The number of unbranched alkanes of at least 4 members (excludes halogenated alkanes) is 11. The average Bonchev–Trinajstić information content (AvgIpc) is 2.54. The molecule has 0 aromatic heterocycles. The third kappa shape index (κ3) is 12.2. The third-order valence-electron chi connectivity index (χ3n) is 4.36. The smallest absolute Gasteiger partial charge is 0.0920 e. The van der Waals surface area contributed by atoms with Crippen LogP contribution in [0.5, 0.6) is 0 Å². The summed E-state index contributed by atoms with van der Waals surface area (Å²) in [6.07, 6.45) is 17.2. The largest absolute Gasteiger partial charge is 0.395 e. The molecule has 0 heterocycles. The zero-order chi connectivity index (χ0) is 16.6. The van der Waals surface area contributed by atoms with E-state index in [4.69, 9.17) is 10.8 Å². The normalized spacial score (nSPS) is 15.0. The van der Waals surface area contributed by atoms with E-state index in [0.29, 0.717) is 0 Å². The van der Waals surface area contributed by atoms with Gasteiger partial charge in [0.2, 0.25) is 0 Å². The maximum absolute atomic E-state index is 9.81. The number of hydrogen-bond donors (Lipinski definition) is 3. The summed E-state index contributed by atoms with van der Waals surface area (Å²) in [5, 5.41) is 18.7. The van der Waals surface area contributed by atoms with Crippen LogP contribution in [0.1, 0.15) is 90.9 Å². The maximum Gasteiger partial charge on any atom is 0.0920 e. The molecule has 132 valence electrons. The number of aliphatic hydroxyl groups excluding tert-OH is 2.